The second kappa shape index (κ2) is 13.5. The third kappa shape index (κ3) is 8.75. The fourth-order valence-electron chi connectivity index (χ4n) is 6.05. The molecule has 3 aliphatic rings. The lowest BCUT2D eigenvalue weighted by Gasteiger charge is -2.46. The summed E-state index contributed by atoms with van der Waals surface area (Å²) in [5.41, 5.74) is 0.133. The average Bonchev–Trinajstić information content (AvgIpc) is 2.86. The number of hydrogen-bond acceptors (Lipinski definition) is 7. The number of allylic oxidation sites excluding steroid dienone is 2. The quantitative estimate of drug-likeness (QED) is 0.174. The van der Waals surface area contributed by atoms with Crippen molar-refractivity contribution in [2.45, 2.75) is 161 Å². The Bertz CT molecular complexity index is 1100. The topological polar surface area (TPSA) is 80.3 Å². The van der Waals surface area contributed by atoms with Crippen LogP contribution < -0.4 is 0 Å². The number of esters is 2. The van der Waals surface area contributed by atoms with Crippen molar-refractivity contribution < 1.29 is 32.7 Å². The zero-order valence-electron chi connectivity index (χ0n) is 30.2. The highest BCUT2D eigenvalue weighted by Gasteiger charge is 2.47. The van der Waals surface area contributed by atoms with E-state index in [2.05, 4.69) is 92.9 Å². The van der Waals surface area contributed by atoms with E-state index in [0.29, 0.717) is 12.8 Å². The van der Waals surface area contributed by atoms with E-state index in [0.717, 1.165) is 19.3 Å². The van der Waals surface area contributed by atoms with Gasteiger partial charge in [0.05, 0.1) is 18.6 Å². The molecule has 0 amide bonds. The lowest BCUT2D eigenvalue weighted by Crippen LogP contribution is -2.49. The molecule has 2 aliphatic carbocycles. The van der Waals surface area contributed by atoms with Crippen LogP contribution in [-0.4, -0.2) is 65.7 Å². The van der Waals surface area contributed by atoms with E-state index in [4.69, 9.17) is 23.1 Å². The van der Waals surface area contributed by atoms with Gasteiger partial charge in [0, 0.05) is 25.9 Å². The summed E-state index contributed by atoms with van der Waals surface area (Å²) >= 11 is 0. The maximum Gasteiger partial charge on any atom is 0.338 e. The summed E-state index contributed by atoms with van der Waals surface area (Å²) in [6.07, 6.45) is 9.28. The number of carbonyl (C=O) groups is 2. The molecule has 252 valence electrons. The third-order valence-electron chi connectivity index (χ3n) is 11.2. The molecular weight excluding hydrogens is 589 g/mol. The molecule has 3 rings (SSSR count). The molecular formula is C35H62O7Si2. The van der Waals surface area contributed by atoms with Crippen LogP contribution in [0.1, 0.15) is 94.4 Å². The van der Waals surface area contributed by atoms with E-state index in [1.54, 1.807) is 21.0 Å². The zero-order valence-corrected chi connectivity index (χ0v) is 32.2. The van der Waals surface area contributed by atoms with Crippen LogP contribution in [0.2, 0.25) is 36.3 Å². The summed E-state index contributed by atoms with van der Waals surface area (Å²) in [6.45, 7) is 28.2. The predicted octanol–water partition coefficient (Wildman–Crippen LogP) is 8.36. The van der Waals surface area contributed by atoms with Gasteiger partial charge in [0.1, 0.15) is 12.2 Å². The third-order valence-corrected chi connectivity index (χ3v) is 20.2. The van der Waals surface area contributed by atoms with E-state index in [1.165, 1.54) is 5.57 Å². The standard InChI is InChI=1S/C35H62O7Si2/c1-23-15-16-24-19-26(41-43(11,12)33(2,3)4)21-29(40-32(37)35(8,9)38-10)31(24)28(23)18-17-25-20-27(22-30(36)39-25)42-44(13,14)34(5,6)7/h15-16,19,23,25-29,31H,17-18,20-22H2,1-14H3/t23-,25+,26+,27+,28-,29-,31-/m0/s1. The van der Waals surface area contributed by atoms with E-state index < -0.39 is 22.2 Å². The Morgan fingerprint density at radius 1 is 0.932 bits per heavy atom. The summed E-state index contributed by atoms with van der Waals surface area (Å²) in [7, 11) is -2.54. The summed E-state index contributed by atoms with van der Waals surface area (Å²) in [4.78, 5) is 26.0. The first-order valence-electron chi connectivity index (χ1n) is 16.7. The number of cyclic esters (lactones) is 1. The highest BCUT2D eigenvalue weighted by molar-refractivity contribution is 6.74. The van der Waals surface area contributed by atoms with Gasteiger partial charge in [-0.1, -0.05) is 66.7 Å². The highest BCUT2D eigenvalue weighted by atomic mass is 28.4. The fraction of sp³-hybridized carbons (Fsp3) is 0.829. The van der Waals surface area contributed by atoms with Crippen molar-refractivity contribution in [1.82, 2.24) is 0 Å². The van der Waals surface area contributed by atoms with Crippen molar-refractivity contribution >= 4 is 28.6 Å². The van der Waals surface area contributed by atoms with Crippen LogP contribution in [0.15, 0.2) is 23.8 Å². The Kier molecular flexibility index (Phi) is 11.4. The van der Waals surface area contributed by atoms with Crippen LogP contribution >= 0.6 is 0 Å². The maximum atomic E-state index is 13.4. The molecule has 0 unspecified atom stereocenters. The zero-order chi connectivity index (χ0) is 33.5. The first kappa shape index (κ1) is 37.2. The lowest BCUT2D eigenvalue weighted by molar-refractivity contribution is -0.176. The molecule has 1 fully saturated rings. The minimum Gasteiger partial charge on any atom is -0.462 e. The summed E-state index contributed by atoms with van der Waals surface area (Å²) < 4.78 is 31.2. The molecule has 44 heavy (non-hydrogen) atoms. The van der Waals surface area contributed by atoms with Crippen LogP contribution in [0, 0.1) is 17.8 Å². The average molecular weight is 651 g/mol. The van der Waals surface area contributed by atoms with E-state index in [-0.39, 0.29) is 64.2 Å². The fourth-order valence-corrected chi connectivity index (χ4v) is 8.69. The first-order valence-corrected chi connectivity index (χ1v) is 22.5. The number of rotatable bonds is 10. The molecule has 0 aromatic rings. The van der Waals surface area contributed by atoms with Gasteiger partial charge in [-0.05, 0) is 80.4 Å². The van der Waals surface area contributed by atoms with Crippen LogP contribution in [-0.2, 0) is 32.7 Å². The maximum absolute atomic E-state index is 13.4. The number of methoxy groups -OCH3 is 1. The van der Waals surface area contributed by atoms with Crippen LogP contribution in [0.25, 0.3) is 0 Å². The first-order chi connectivity index (χ1) is 20.0. The minimum atomic E-state index is -2.06. The molecule has 1 heterocycles. The van der Waals surface area contributed by atoms with Crippen LogP contribution in [0.4, 0.5) is 0 Å². The van der Waals surface area contributed by atoms with Gasteiger partial charge in [-0.15, -0.1) is 0 Å². The normalized spacial score (nSPS) is 30.4. The Labute approximate surface area is 270 Å². The van der Waals surface area contributed by atoms with Crippen molar-refractivity contribution in [3.63, 3.8) is 0 Å². The number of fused-ring (bicyclic) bond motifs is 1. The van der Waals surface area contributed by atoms with E-state index >= 15 is 0 Å². The van der Waals surface area contributed by atoms with Gasteiger partial charge in [0.15, 0.2) is 22.2 Å². The number of hydrogen-bond donors (Lipinski definition) is 0. The van der Waals surface area contributed by atoms with Crippen molar-refractivity contribution in [2.24, 2.45) is 17.8 Å². The number of ether oxygens (including phenoxy) is 3. The van der Waals surface area contributed by atoms with Gasteiger partial charge in [-0.25, -0.2) is 4.79 Å². The van der Waals surface area contributed by atoms with Gasteiger partial charge in [0.2, 0.25) is 0 Å². The second-order valence-corrected chi connectivity index (χ2v) is 26.5. The molecule has 0 aromatic heterocycles. The van der Waals surface area contributed by atoms with Gasteiger partial charge >= 0.3 is 11.9 Å². The molecule has 0 radical (unpaired) electrons. The van der Waals surface area contributed by atoms with E-state index in [9.17, 15) is 9.59 Å². The molecule has 1 saturated heterocycles. The molecule has 7 nitrogen and oxygen atoms in total. The largest absolute Gasteiger partial charge is 0.462 e. The number of carbonyl (C=O) groups excluding carboxylic acids is 2. The van der Waals surface area contributed by atoms with Gasteiger partial charge in [0.25, 0.3) is 0 Å². The highest BCUT2D eigenvalue weighted by Crippen LogP contribution is 2.47. The van der Waals surface area contributed by atoms with Crippen molar-refractivity contribution in [3.05, 3.63) is 23.8 Å². The Balaban J connectivity index is 1.84. The summed E-state index contributed by atoms with van der Waals surface area (Å²) in [5, 5.41) is 0.142. The molecule has 0 spiro atoms. The van der Waals surface area contributed by atoms with Gasteiger partial charge < -0.3 is 23.1 Å². The molecule has 0 saturated carbocycles. The smallest absolute Gasteiger partial charge is 0.338 e. The van der Waals surface area contributed by atoms with Gasteiger partial charge in [-0.3, -0.25) is 4.79 Å². The SMILES string of the molecule is COC(C)(C)C(=O)O[C@H]1C[C@H](O[Si](C)(C)C(C)(C)C)C=C2C=C[C@H](C)[C@H](CC[C@@H]3C[C@@H](O[Si](C)(C)C(C)(C)C)CC(=O)O3)[C@H]21. The van der Waals surface area contributed by atoms with Crippen molar-refractivity contribution in [2.75, 3.05) is 7.11 Å². The van der Waals surface area contributed by atoms with E-state index in [1.807, 2.05) is 0 Å². The molecule has 7 atom stereocenters. The molecule has 9 heteroatoms. The Hall–Kier alpha value is -1.27. The summed E-state index contributed by atoms with van der Waals surface area (Å²) in [5.74, 6) is 0.0164. The Morgan fingerprint density at radius 2 is 1.52 bits per heavy atom. The molecule has 1 aliphatic heterocycles. The van der Waals surface area contributed by atoms with Crippen LogP contribution in [0.3, 0.4) is 0 Å². The second-order valence-electron chi connectivity index (χ2n) is 17.0. The van der Waals surface area contributed by atoms with Crippen molar-refractivity contribution in [3.8, 4) is 0 Å². The summed E-state index contributed by atoms with van der Waals surface area (Å²) in [6, 6.07) is 0. The van der Waals surface area contributed by atoms with Gasteiger partial charge in [-0.2, -0.15) is 0 Å². The Morgan fingerprint density at radius 3 is 2.09 bits per heavy atom. The van der Waals surface area contributed by atoms with Crippen molar-refractivity contribution in [1.29, 1.82) is 0 Å². The predicted molar refractivity (Wildman–Crippen MR) is 181 cm³/mol. The van der Waals surface area contributed by atoms with Crippen LogP contribution in [0.5, 0.6) is 0 Å². The molecule has 0 bridgehead atoms. The molecule has 0 N–H and O–H groups in total. The lowest BCUT2D eigenvalue weighted by atomic mass is 9.66. The molecule has 0 aromatic carbocycles. The minimum absolute atomic E-state index is 0.0319. The monoisotopic (exact) mass is 650 g/mol.